The molecule has 0 atom stereocenters. The molecule has 1 heterocycles. The van der Waals surface area contributed by atoms with Crippen LogP contribution >= 0.6 is 34.8 Å². The van der Waals surface area contributed by atoms with Crippen molar-refractivity contribution < 1.29 is 26.4 Å². The molecule has 0 spiro atoms. The highest BCUT2D eigenvalue weighted by atomic mass is 35.5. The van der Waals surface area contributed by atoms with Gasteiger partial charge in [0.2, 0.25) is 0 Å². The van der Waals surface area contributed by atoms with Gasteiger partial charge >= 0.3 is 6.18 Å². The molecule has 0 radical (unpaired) electrons. The van der Waals surface area contributed by atoms with E-state index in [0.29, 0.717) is 5.56 Å². The zero-order valence-electron chi connectivity index (χ0n) is 16.1. The van der Waals surface area contributed by atoms with Gasteiger partial charge in [0.15, 0.2) is 11.4 Å². The molecule has 14 heteroatoms. The van der Waals surface area contributed by atoms with Crippen LogP contribution in [0, 0.1) is 13.8 Å². The molecule has 0 aliphatic carbocycles. The number of benzene rings is 2. The Bertz CT molecular complexity index is 1340. The molecule has 1 amide bonds. The first-order chi connectivity index (χ1) is 14.7. The number of rotatable bonds is 4. The maximum atomic E-state index is 13.8. The van der Waals surface area contributed by atoms with Crippen LogP contribution in [0.1, 0.15) is 27.3 Å². The van der Waals surface area contributed by atoms with Crippen LogP contribution in [0.2, 0.25) is 15.1 Å². The summed E-state index contributed by atoms with van der Waals surface area (Å²) in [6.45, 7) is 3.09. The molecular weight excluding hydrogens is 516 g/mol. The molecule has 1 aromatic heterocycles. The molecular formula is C18H12Cl3F3N4O3S. The number of nitrogens with one attached hydrogen (secondary N) is 1. The fraction of sp³-hybridized carbons (Fsp3) is 0.167. The average molecular weight is 528 g/mol. The van der Waals surface area contributed by atoms with E-state index < -0.39 is 33.5 Å². The number of hydrogen-bond acceptors (Lipinski definition) is 5. The van der Waals surface area contributed by atoms with Crippen molar-refractivity contribution in [3.05, 3.63) is 67.9 Å². The Hall–Kier alpha value is -2.34. The topological polar surface area (TPSA) is 93.9 Å². The summed E-state index contributed by atoms with van der Waals surface area (Å²) < 4.78 is 68.7. The Morgan fingerprint density at radius 2 is 1.66 bits per heavy atom. The Labute approximate surface area is 195 Å². The highest BCUT2D eigenvalue weighted by Crippen LogP contribution is 2.37. The average Bonchev–Trinajstić information content (AvgIpc) is 3.11. The standard InChI is InChI=1S/C18H12Cl3F3N4O3S/c1-8-3-4-9(2)14(5-8)32(30,31)26-17(29)15-16(18(22,23)24)28(27-25-15)13-7-11(20)10(19)6-12(13)21/h3-7H,1-2H3,(H,26,29). The summed E-state index contributed by atoms with van der Waals surface area (Å²) in [5, 5.41) is 6.19. The van der Waals surface area contributed by atoms with Gasteiger partial charge in [0.05, 0.1) is 25.7 Å². The Morgan fingerprint density at radius 3 is 2.28 bits per heavy atom. The van der Waals surface area contributed by atoms with Gasteiger partial charge in [-0.3, -0.25) is 4.79 Å². The van der Waals surface area contributed by atoms with E-state index in [4.69, 9.17) is 34.8 Å². The Kier molecular flexibility index (Phi) is 6.49. The minimum atomic E-state index is -5.16. The summed E-state index contributed by atoms with van der Waals surface area (Å²) >= 11 is 17.6. The van der Waals surface area contributed by atoms with Gasteiger partial charge in [-0.05, 0) is 43.2 Å². The van der Waals surface area contributed by atoms with Crippen LogP contribution in [0.5, 0.6) is 0 Å². The van der Waals surface area contributed by atoms with Crippen molar-refractivity contribution in [3.8, 4) is 5.69 Å². The van der Waals surface area contributed by atoms with Gasteiger partial charge in [0.25, 0.3) is 15.9 Å². The second-order valence-corrected chi connectivity index (χ2v) is 9.49. The first-order valence-electron chi connectivity index (χ1n) is 8.54. The SMILES string of the molecule is Cc1ccc(C)c(S(=O)(=O)NC(=O)c2nnn(-c3cc(Cl)c(Cl)cc3Cl)c2C(F)(F)F)c1. The Morgan fingerprint density at radius 1 is 1.03 bits per heavy atom. The number of carbonyl (C=O) groups excluding carboxylic acids is 1. The summed E-state index contributed by atoms with van der Waals surface area (Å²) in [5.41, 5.74) is -2.42. The minimum absolute atomic E-state index is 0.0216. The highest BCUT2D eigenvalue weighted by molar-refractivity contribution is 7.90. The van der Waals surface area contributed by atoms with Gasteiger partial charge in [-0.25, -0.2) is 17.8 Å². The maximum absolute atomic E-state index is 13.8. The third-order valence-electron chi connectivity index (χ3n) is 4.23. The van der Waals surface area contributed by atoms with Crippen LogP contribution in [0.4, 0.5) is 13.2 Å². The number of alkyl halides is 3. The lowest BCUT2D eigenvalue weighted by Gasteiger charge is -2.13. The number of aryl methyl sites for hydroxylation is 2. The minimum Gasteiger partial charge on any atom is -0.266 e. The molecule has 0 aliphatic rings. The molecule has 0 aliphatic heterocycles. The molecule has 3 rings (SSSR count). The van der Waals surface area contributed by atoms with Gasteiger partial charge in [-0.15, -0.1) is 5.10 Å². The smallest absolute Gasteiger partial charge is 0.266 e. The Balaban J connectivity index is 2.10. The first kappa shape index (κ1) is 24.3. The van der Waals surface area contributed by atoms with E-state index in [0.717, 1.165) is 12.1 Å². The normalized spacial score (nSPS) is 12.1. The summed E-state index contributed by atoms with van der Waals surface area (Å²) in [6, 6.07) is 6.52. The van der Waals surface area contributed by atoms with Crippen molar-refractivity contribution in [3.63, 3.8) is 0 Å². The van der Waals surface area contributed by atoms with Crippen LogP contribution in [-0.2, 0) is 16.2 Å². The molecule has 1 N–H and O–H groups in total. The molecule has 0 fully saturated rings. The van der Waals surface area contributed by atoms with Crippen LogP contribution in [0.25, 0.3) is 5.69 Å². The number of hydrogen-bond donors (Lipinski definition) is 1. The van der Waals surface area contributed by atoms with Gasteiger partial charge in [0.1, 0.15) is 0 Å². The number of amides is 1. The molecule has 0 bridgehead atoms. The van der Waals surface area contributed by atoms with Crippen molar-refractivity contribution >= 4 is 50.7 Å². The fourth-order valence-electron chi connectivity index (χ4n) is 2.75. The monoisotopic (exact) mass is 526 g/mol. The quantitative estimate of drug-likeness (QED) is 0.483. The highest BCUT2D eigenvalue weighted by Gasteiger charge is 2.43. The van der Waals surface area contributed by atoms with E-state index in [9.17, 15) is 26.4 Å². The largest absolute Gasteiger partial charge is 0.435 e. The van der Waals surface area contributed by atoms with Gasteiger partial charge in [-0.2, -0.15) is 13.2 Å². The number of aromatic nitrogens is 3. The molecule has 170 valence electrons. The lowest BCUT2D eigenvalue weighted by atomic mass is 10.2. The summed E-state index contributed by atoms with van der Waals surface area (Å²) in [7, 11) is -4.51. The lowest BCUT2D eigenvalue weighted by molar-refractivity contribution is -0.143. The first-order valence-corrected chi connectivity index (χ1v) is 11.2. The van der Waals surface area contributed by atoms with Crippen LogP contribution < -0.4 is 4.72 Å². The van der Waals surface area contributed by atoms with E-state index in [1.54, 1.807) is 17.7 Å². The van der Waals surface area contributed by atoms with Crippen LogP contribution in [-0.4, -0.2) is 29.3 Å². The maximum Gasteiger partial charge on any atom is 0.435 e. The zero-order valence-corrected chi connectivity index (χ0v) is 19.2. The molecule has 0 unspecified atom stereocenters. The molecule has 0 saturated heterocycles. The van der Waals surface area contributed by atoms with Crippen molar-refractivity contribution in [2.45, 2.75) is 24.9 Å². The van der Waals surface area contributed by atoms with Crippen molar-refractivity contribution in [1.29, 1.82) is 0 Å². The summed E-state index contributed by atoms with van der Waals surface area (Å²) in [5.74, 6) is -1.62. The van der Waals surface area contributed by atoms with Gasteiger partial charge < -0.3 is 0 Å². The lowest BCUT2D eigenvalue weighted by Crippen LogP contribution is -2.33. The molecule has 3 aromatic rings. The number of sulfonamides is 1. The molecule has 0 saturated carbocycles. The predicted molar refractivity (Wildman–Crippen MR) is 112 cm³/mol. The predicted octanol–water partition coefficient (Wildman–Crippen LogP) is 4.98. The van der Waals surface area contributed by atoms with E-state index in [-0.39, 0.29) is 35.9 Å². The van der Waals surface area contributed by atoms with Crippen molar-refractivity contribution in [2.75, 3.05) is 0 Å². The van der Waals surface area contributed by atoms with E-state index in [1.807, 2.05) is 0 Å². The third-order valence-corrected chi connectivity index (χ3v) is 6.73. The van der Waals surface area contributed by atoms with E-state index in [1.165, 1.54) is 19.1 Å². The van der Waals surface area contributed by atoms with Crippen LogP contribution in [0.3, 0.4) is 0 Å². The fourth-order valence-corrected chi connectivity index (χ4v) is 4.66. The molecule has 2 aromatic carbocycles. The second-order valence-electron chi connectivity index (χ2n) is 6.62. The molecule has 7 nitrogen and oxygen atoms in total. The molecule has 32 heavy (non-hydrogen) atoms. The van der Waals surface area contributed by atoms with E-state index >= 15 is 0 Å². The van der Waals surface area contributed by atoms with Crippen molar-refractivity contribution in [1.82, 2.24) is 19.7 Å². The zero-order chi connectivity index (χ0) is 24.0. The van der Waals surface area contributed by atoms with Gasteiger partial charge in [0, 0.05) is 0 Å². The summed E-state index contributed by atoms with van der Waals surface area (Å²) in [4.78, 5) is 12.3. The number of nitrogens with zero attached hydrogens (tertiary/aromatic N) is 3. The number of halogens is 6. The van der Waals surface area contributed by atoms with E-state index in [2.05, 4.69) is 10.3 Å². The second kappa shape index (κ2) is 8.54. The van der Waals surface area contributed by atoms with Crippen LogP contribution in [0.15, 0.2) is 35.2 Å². The number of carbonyl (C=O) groups is 1. The van der Waals surface area contributed by atoms with Crippen molar-refractivity contribution in [2.24, 2.45) is 0 Å². The summed E-state index contributed by atoms with van der Waals surface area (Å²) in [6.07, 6.45) is -5.16. The third kappa shape index (κ3) is 4.70. The van der Waals surface area contributed by atoms with Gasteiger partial charge in [-0.1, -0.05) is 52.1 Å².